The largest absolute Gasteiger partial charge is 0.374 e. The molecule has 1 amide bonds. The van der Waals surface area contributed by atoms with Crippen LogP contribution in [0.15, 0.2) is 66.1 Å². The molecule has 1 aromatic carbocycles. The number of imidazole rings is 1. The van der Waals surface area contributed by atoms with E-state index < -0.39 is 38.8 Å². The van der Waals surface area contributed by atoms with Gasteiger partial charge >= 0.3 is 5.69 Å². The Morgan fingerprint density at radius 1 is 1.16 bits per heavy atom. The van der Waals surface area contributed by atoms with Crippen LogP contribution in [0, 0.1) is 11.3 Å². The summed E-state index contributed by atoms with van der Waals surface area (Å²) in [4.78, 5) is 34.1. The van der Waals surface area contributed by atoms with Crippen molar-refractivity contribution in [2.45, 2.75) is 77.3 Å². The maximum atomic E-state index is 13.3. The Balaban J connectivity index is 1.62. The van der Waals surface area contributed by atoms with Crippen LogP contribution in [0.2, 0.25) is 0 Å². The molecule has 1 fully saturated rings. The first kappa shape index (κ1) is 32.4. The Labute approximate surface area is 252 Å². The number of rotatable bonds is 14. The van der Waals surface area contributed by atoms with Gasteiger partial charge in [-0.05, 0) is 45.9 Å². The molecule has 3 heterocycles. The molecule has 1 aliphatic heterocycles. The number of ether oxygens (including phenoxy) is 2. The van der Waals surface area contributed by atoms with Crippen LogP contribution in [-0.2, 0) is 25.1 Å². The van der Waals surface area contributed by atoms with E-state index in [1.165, 1.54) is 23.9 Å². The minimum Gasteiger partial charge on any atom is -0.374 e. The molecular formula is C29H38N7O6P. The second-order valence-corrected chi connectivity index (χ2v) is 11.9. The second kappa shape index (κ2) is 15.3. The van der Waals surface area contributed by atoms with E-state index in [1.807, 2.05) is 16.8 Å². The SMILES string of the molecule is CO[C@@H]1[C@H](OP(OCCC#N)N(C(C)C)C(C)C)[C@@H](Cn2ccnc2)O[C@H]1n1ccc(NC(=O)c2ccccc2)nc1=O. The smallest absolute Gasteiger partial charge is 0.351 e. The standard InChI is InChI=1S/C29H38N7O6P/c1-20(2)36(21(3)4)43(40-17-9-13-30)42-25-23(18-34-16-14-31-19-34)41-28(26(25)39-5)35-15-12-24(33-29(35)38)32-27(37)22-10-7-6-8-11-22/h6-8,10-12,14-16,19-21,23,25-26,28H,9,17-18H2,1-5H3,(H,32,33,37,38)/t23-,25-,26-,28-,43?/m1/s1. The molecule has 2 aromatic heterocycles. The monoisotopic (exact) mass is 611 g/mol. The number of carbonyl (C=O) groups excluding carboxylic acids is 1. The van der Waals surface area contributed by atoms with E-state index in [1.54, 1.807) is 36.8 Å². The number of carbonyl (C=O) groups is 1. The van der Waals surface area contributed by atoms with E-state index in [0.717, 1.165) is 0 Å². The van der Waals surface area contributed by atoms with Crippen LogP contribution in [0.1, 0.15) is 50.7 Å². The lowest BCUT2D eigenvalue weighted by Crippen LogP contribution is -2.41. The average molecular weight is 612 g/mol. The van der Waals surface area contributed by atoms with Gasteiger partial charge in [-0.2, -0.15) is 10.2 Å². The van der Waals surface area contributed by atoms with E-state index in [4.69, 9.17) is 23.8 Å². The lowest BCUT2D eigenvalue weighted by molar-refractivity contribution is -0.0558. The molecular weight excluding hydrogens is 573 g/mol. The average Bonchev–Trinajstić information content (AvgIpc) is 3.61. The van der Waals surface area contributed by atoms with Crippen LogP contribution >= 0.6 is 8.53 Å². The van der Waals surface area contributed by atoms with Crippen molar-refractivity contribution in [3.05, 3.63) is 77.4 Å². The van der Waals surface area contributed by atoms with Crippen LogP contribution in [0.3, 0.4) is 0 Å². The van der Waals surface area contributed by atoms with E-state index in [-0.39, 0.29) is 36.8 Å². The first-order chi connectivity index (χ1) is 20.7. The molecule has 1 unspecified atom stereocenters. The summed E-state index contributed by atoms with van der Waals surface area (Å²) in [7, 11) is -0.101. The Hall–Kier alpha value is -3.50. The molecule has 1 aliphatic rings. The summed E-state index contributed by atoms with van der Waals surface area (Å²) < 4.78 is 30.6. The van der Waals surface area contributed by atoms with Crippen LogP contribution in [-0.4, -0.2) is 73.8 Å². The number of nitrogens with zero attached hydrogens (tertiary/aromatic N) is 6. The molecule has 5 atom stereocenters. The number of anilines is 1. The molecule has 1 saturated heterocycles. The fourth-order valence-corrected chi connectivity index (χ4v) is 6.68. The molecule has 230 valence electrons. The normalized spacial score (nSPS) is 20.9. The topological polar surface area (TPSA) is 146 Å². The van der Waals surface area contributed by atoms with Gasteiger partial charge < -0.3 is 28.4 Å². The summed E-state index contributed by atoms with van der Waals surface area (Å²) in [5.74, 6) is -0.264. The first-order valence-electron chi connectivity index (χ1n) is 14.1. The maximum absolute atomic E-state index is 13.3. The number of methoxy groups -OCH3 is 1. The molecule has 0 bridgehead atoms. The number of amides is 1. The molecule has 3 aromatic rings. The molecule has 4 rings (SSSR count). The molecule has 0 saturated carbocycles. The van der Waals surface area contributed by atoms with E-state index in [2.05, 4.69) is 53.7 Å². The summed E-state index contributed by atoms with van der Waals surface area (Å²) in [5, 5.41) is 11.8. The van der Waals surface area contributed by atoms with Gasteiger partial charge in [0.15, 0.2) is 6.23 Å². The molecule has 13 nitrogen and oxygen atoms in total. The second-order valence-electron chi connectivity index (χ2n) is 10.5. The minimum atomic E-state index is -1.63. The predicted octanol–water partition coefficient (Wildman–Crippen LogP) is 3.97. The third-order valence-corrected chi connectivity index (χ3v) is 8.89. The zero-order chi connectivity index (χ0) is 30.9. The zero-order valence-electron chi connectivity index (χ0n) is 24.9. The third-order valence-electron chi connectivity index (χ3n) is 6.76. The predicted molar refractivity (Wildman–Crippen MR) is 160 cm³/mol. The summed E-state index contributed by atoms with van der Waals surface area (Å²) in [6, 6.07) is 12.5. The van der Waals surface area contributed by atoms with Crippen LogP contribution < -0.4 is 11.0 Å². The van der Waals surface area contributed by atoms with Gasteiger partial charge in [-0.15, -0.1) is 0 Å². The molecule has 0 aliphatic carbocycles. The Kier molecular flexibility index (Phi) is 11.5. The van der Waals surface area contributed by atoms with Crippen molar-refractivity contribution >= 4 is 20.3 Å². The highest BCUT2D eigenvalue weighted by molar-refractivity contribution is 7.44. The van der Waals surface area contributed by atoms with Gasteiger partial charge in [0.05, 0.1) is 32.0 Å². The molecule has 0 radical (unpaired) electrons. The van der Waals surface area contributed by atoms with Gasteiger partial charge in [0, 0.05) is 43.3 Å². The van der Waals surface area contributed by atoms with Crippen molar-refractivity contribution in [1.82, 2.24) is 23.8 Å². The summed E-state index contributed by atoms with van der Waals surface area (Å²) in [6.45, 7) is 8.80. The molecule has 43 heavy (non-hydrogen) atoms. The van der Waals surface area contributed by atoms with E-state index >= 15 is 0 Å². The summed E-state index contributed by atoms with van der Waals surface area (Å²) >= 11 is 0. The van der Waals surface area contributed by atoms with Crippen molar-refractivity contribution in [1.29, 1.82) is 5.26 Å². The van der Waals surface area contributed by atoms with Crippen LogP contribution in [0.4, 0.5) is 5.82 Å². The highest BCUT2D eigenvalue weighted by Gasteiger charge is 2.49. The van der Waals surface area contributed by atoms with E-state index in [9.17, 15) is 9.59 Å². The lowest BCUT2D eigenvalue weighted by atomic mass is 10.1. The molecule has 1 N–H and O–H groups in total. The lowest BCUT2D eigenvalue weighted by Gasteiger charge is -2.38. The fraction of sp³-hybridized carbons (Fsp3) is 0.483. The Morgan fingerprint density at radius 3 is 2.51 bits per heavy atom. The number of aromatic nitrogens is 4. The first-order valence-corrected chi connectivity index (χ1v) is 15.2. The maximum Gasteiger partial charge on any atom is 0.351 e. The zero-order valence-corrected chi connectivity index (χ0v) is 25.8. The Bertz CT molecular complexity index is 1400. The minimum absolute atomic E-state index is 0.0878. The van der Waals surface area contributed by atoms with Gasteiger partial charge in [-0.1, -0.05) is 18.2 Å². The Morgan fingerprint density at radius 2 is 1.91 bits per heavy atom. The number of benzene rings is 1. The molecule has 14 heteroatoms. The van der Waals surface area contributed by atoms with Crippen LogP contribution in [0.5, 0.6) is 0 Å². The van der Waals surface area contributed by atoms with Gasteiger partial charge in [-0.3, -0.25) is 9.36 Å². The van der Waals surface area contributed by atoms with Crippen molar-refractivity contribution < 1.29 is 23.3 Å². The van der Waals surface area contributed by atoms with Crippen molar-refractivity contribution in [3.8, 4) is 6.07 Å². The highest BCUT2D eigenvalue weighted by Crippen LogP contribution is 2.50. The third kappa shape index (κ3) is 8.12. The van der Waals surface area contributed by atoms with Gasteiger partial charge in [-0.25, -0.2) is 14.4 Å². The highest BCUT2D eigenvalue weighted by atomic mass is 31.2. The van der Waals surface area contributed by atoms with Gasteiger partial charge in [0.25, 0.3) is 14.4 Å². The number of hydrogen-bond donors (Lipinski definition) is 1. The summed E-state index contributed by atoms with van der Waals surface area (Å²) in [6.07, 6.45) is 4.08. The number of hydrogen-bond acceptors (Lipinski definition) is 10. The summed E-state index contributed by atoms with van der Waals surface area (Å²) in [5.41, 5.74) is -0.182. The van der Waals surface area contributed by atoms with Crippen molar-refractivity contribution in [3.63, 3.8) is 0 Å². The fourth-order valence-electron chi connectivity index (χ4n) is 4.91. The number of nitriles is 1. The van der Waals surface area contributed by atoms with Gasteiger partial charge in [0.1, 0.15) is 24.1 Å². The quantitative estimate of drug-likeness (QED) is 0.210. The molecule has 0 spiro atoms. The van der Waals surface area contributed by atoms with E-state index in [0.29, 0.717) is 12.1 Å². The number of nitrogens with one attached hydrogen (secondary N) is 1. The van der Waals surface area contributed by atoms with Crippen molar-refractivity contribution in [2.24, 2.45) is 0 Å². The van der Waals surface area contributed by atoms with Crippen molar-refractivity contribution in [2.75, 3.05) is 19.0 Å². The van der Waals surface area contributed by atoms with Crippen LogP contribution in [0.25, 0.3) is 0 Å². The van der Waals surface area contributed by atoms with Gasteiger partial charge in [0.2, 0.25) is 0 Å².